The van der Waals surface area contributed by atoms with Crippen molar-refractivity contribution in [3.63, 3.8) is 0 Å². The summed E-state index contributed by atoms with van der Waals surface area (Å²) in [6, 6.07) is 4.74. The fourth-order valence-corrected chi connectivity index (χ4v) is 2.57. The molecule has 110 valence electrons. The first kappa shape index (κ1) is 14.8. The van der Waals surface area contributed by atoms with Crippen molar-refractivity contribution in [1.82, 2.24) is 10.2 Å². The van der Waals surface area contributed by atoms with Crippen LogP contribution in [-0.4, -0.2) is 43.6 Å². The predicted molar refractivity (Wildman–Crippen MR) is 75.6 cm³/mol. The second-order valence-electron chi connectivity index (χ2n) is 4.95. The normalized spacial score (nSPS) is 18.1. The number of hydrogen-bond donors (Lipinski definition) is 1. The molecule has 1 aromatic carbocycles. The van der Waals surface area contributed by atoms with Gasteiger partial charge in [0.2, 0.25) is 0 Å². The van der Waals surface area contributed by atoms with Gasteiger partial charge in [0.05, 0.1) is 7.11 Å². The van der Waals surface area contributed by atoms with Gasteiger partial charge in [-0.25, -0.2) is 4.39 Å². The maximum atomic E-state index is 14.0. The molecule has 1 fully saturated rings. The van der Waals surface area contributed by atoms with Crippen molar-refractivity contribution in [2.45, 2.75) is 25.8 Å². The number of carbonyl (C=O) groups excluding carboxylic acids is 1. The summed E-state index contributed by atoms with van der Waals surface area (Å²) in [4.78, 5) is 14.2. The van der Waals surface area contributed by atoms with Crippen LogP contribution in [0.1, 0.15) is 30.1 Å². The van der Waals surface area contributed by atoms with Crippen molar-refractivity contribution in [2.24, 2.45) is 0 Å². The van der Waals surface area contributed by atoms with E-state index in [1.165, 1.54) is 13.2 Å². The lowest BCUT2D eigenvalue weighted by atomic mass is 10.1. The SMILES string of the molecule is CCN(CC1CCCN1)C(=O)c1c(F)cccc1OC. The van der Waals surface area contributed by atoms with Gasteiger partial charge in [0.1, 0.15) is 17.1 Å². The monoisotopic (exact) mass is 280 g/mol. The van der Waals surface area contributed by atoms with Crippen molar-refractivity contribution in [1.29, 1.82) is 0 Å². The lowest BCUT2D eigenvalue weighted by Crippen LogP contribution is -2.41. The van der Waals surface area contributed by atoms with Gasteiger partial charge < -0.3 is 15.0 Å². The summed E-state index contributed by atoms with van der Waals surface area (Å²) in [6.45, 7) is 4.04. The zero-order valence-electron chi connectivity index (χ0n) is 12.0. The van der Waals surface area contributed by atoms with Crippen LogP contribution in [0.4, 0.5) is 4.39 Å². The van der Waals surface area contributed by atoms with Gasteiger partial charge in [0.15, 0.2) is 0 Å². The smallest absolute Gasteiger partial charge is 0.260 e. The molecular formula is C15H21FN2O2. The highest BCUT2D eigenvalue weighted by atomic mass is 19.1. The third-order valence-electron chi connectivity index (χ3n) is 3.68. The predicted octanol–water partition coefficient (Wildman–Crippen LogP) is 2.05. The molecule has 4 nitrogen and oxygen atoms in total. The van der Waals surface area contributed by atoms with Crippen molar-refractivity contribution in [2.75, 3.05) is 26.7 Å². The summed E-state index contributed by atoms with van der Waals surface area (Å²) < 4.78 is 19.1. The Morgan fingerprint density at radius 3 is 2.95 bits per heavy atom. The molecule has 0 aliphatic carbocycles. The van der Waals surface area contributed by atoms with Gasteiger partial charge in [-0.1, -0.05) is 6.07 Å². The van der Waals surface area contributed by atoms with E-state index < -0.39 is 5.82 Å². The number of methoxy groups -OCH3 is 1. The van der Waals surface area contributed by atoms with E-state index in [9.17, 15) is 9.18 Å². The van der Waals surface area contributed by atoms with Gasteiger partial charge >= 0.3 is 0 Å². The highest BCUT2D eigenvalue weighted by molar-refractivity contribution is 5.97. The van der Waals surface area contributed by atoms with Crippen LogP contribution in [0.25, 0.3) is 0 Å². The Balaban J connectivity index is 2.19. The van der Waals surface area contributed by atoms with Crippen molar-refractivity contribution in [3.8, 4) is 5.75 Å². The molecule has 1 aliphatic heterocycles. The van der Waals surface area contributed by atoms with E-state index in [0.29, 0.717) is 19.1 Å². The molecule has 1 heterocycles. The van der Waals surface area contributed by atoms with Crippen molar-refractivity contribution >= 4 is 5.91 Å². The number of carbonyl (C=O) groups is 1. The van der Waals surface area contributed by atoms with Crippen LogP contribution in [0.5, 0.6) is 5.75 Å². The van der Waals surface area contributed by atoms with Crippen LogP contribution in [0, 0.1) is 5.82 Å². The minimum Gasteiger partial charge on any atom is -0.496 e. The van der Waals surface area contributed by atoms with Crippen LogP contribution in [-0.2, 0) is 0 Å². The maximum Gasteiger partial charge on any atom is 0.260 e. The molecule has 2 rings (SSSR count). The topological polar surface area (TPSA) is 41.6 Å². The molecular weight excluding hydrogens is 259 g/mol. The van der Waals surface area contributed by atoms with Crippen LogP contribution in [0.15, 0.2) is 18.2 Å². The summed E-state index contributed by atoms with van der Waals surface area (Å²) >= 11 is 0. The molecule has 20 heavy (non-hydrogen) atoms. The average Bonchev–Trinajstić information content (AvgIpc) is 2.96. The number of benzene rings is 1. The average molecular weight is 280 g/mol. The molecule has 0 aromatic heterocycles. The Kier molecular flexibility index (Phi) is 4.95. The molecule has 0 bridgehead atoms. The van der Waals surface area contributed by atoms with Crippen LogP contribution in [0.2, 0.25) is 0 Å². The Bertz CT molecular complexity index is 473. The lowest BCUT2D eigenvalue weighted by Gasteiger charge is -2.25. The molecule has 0 radical (unpaired) electrons. The third-order valence-corrected chi connectivity index (χ3v) is 3.68. The number of hydrogen-bond acceptors (Lipinski definition) is 3. The minimum absolute atomic E-state index is 0.0230. The second kappa shape index (κ2) is 6.70. The van der Waals surface area contributed by atoms with Crippen molar-refractivity contribution in [3.05, 3.63) is 29.6 Å². The fraction of sp³-hybridized carbons (Fsp3) is 0.533. The van der Waals surface area contributed by atoms with Crippen LogP contribution < -0.4 is 10.1 Å². The van der Waals surface area contributed by atoms with E-state index in [1.54, 1.807) is 17.0 Å². The Hall–Kier alpha value is -1.62. The number of amides is 1. The van der Waals surface area contributed by atoms with E-state index >= 15 is 0 Å². The lowest BCUT2D eigenvalue weighted by molar-refractivity contribution is 0.0743. The number of nitrogens with one attached hydrogen (secondary N) is 1. The van der Waals surface area contributed by atoms with Gasteiger partial charge in [0.25, 0.3) is 5.91 Å². The number of nitrogens with zero attached hydrogens (tertiary/aromatic N) is 1. The first-order chi connectivity index (χ1) is 9.67. The molecule has 1 unspecified atom stereocenters. The van der Waals surface area contributed by atoms with E-state index in [-0.39, 0.29) is 17.2 Å². The highest BCUT2D eigenvalue weighted by Gasteiger charge is 2.25. The summed E-state index contributed by atoms with van der Waals surface area (Å²) in [7, 11) is 1.44. The largest absolute Gasteiger partial charge is 0.496 e. The molecule has 5 heteroatoms. The van der Waals surface area contributed by atoms with E-state index in [2.05, 4.69) is 5.32 Å². The minimum atomic E-state index is -0.535. The fourth-order valence-electron chi connectivity index (χ4n) is 2.57. The van der Waals surface area contributed by atoms with Gasteiger partial charge in [-0.3, -0.25) is 4.79 Å². The molecule has 1 aromatic rings. The third kappa shape index (κ3) is 3.10. The Labute approximate surface area is 118 Å². The summed E-state index contributed by atoms with van der Waals surface area (Å²) in [6.07, 6.45) is 2.18. The van der Waals surface area contributed by atoms with Crippen LogP contribution in [0.3, 0.4) is 0 Å². The first-order valence-electron chi connectivity index (χ1n) is 7.02. The summed E-state index contributed by atoms with van der Waals surface area (Å²) in [5.74, 6) is -0.559. The van der Waals surface area contributed by atoms with E-state index in [0.717, 1.165) is 19.4 Å². The molecule has 1 aliphatic rings. The van der Waals surface area contributed by atoms with Gasteiger partial charge in [-0.15, -0.1) is 0 Å². The molecule has 1 atom stereocenters. The Morgan fingerprint density at radius 1 is 1.55 bits per heavy atom. The van der Waals surface area contributed by atoms with Gasteiger partial charge in [-0.2, -0.15) is 0 Å². The molecule has 0 spiro atoms. The second-order valence-corrected chi connectivity index (χ2v) is 4.95. The molecule has 0 saturated carbocycles. The zero-order valence-corrected chi connectivity index (χ0v) is 12.0. The Morgan fingerprint density at radius 2 is 2.35 bits per heavy atom. The number of halogens is 1. The standard InChI is InChI=1S/C15H21FN2O2/c1-3-18(10-11-6-5-9-17-11)15(19)14-12(16)7-4-8-13(14)20-2/h4,7-8,11,17H,3,5-6,9-10H2,1-2H3. The first-order valence-corrected chi connectivity index (χ1v) is 7.02. The van der Waals surface area contributed by atoms with Crippen molar-refractivity contribution < 1.29 is 13.9 Å². The van der Waals surface area contributed by atoms with E-state index in [4.69, 9.17) is 4.74 Å². The summed E-state index contributed by atoms with van der Waals surface area (Å²) in [5.41, 5.74) is 0.0230. The van der Waals surface area contributed by atoms with E-state index in [1.807, 2.05) is 6.92 Å². The number of rotatable bonds is 5. The van der Waals surface area contributed by atoms with Crippen LogP contribution >= 0.6 is 0 Å². The molecule has 1 saturated heterocycles. The quantitative estimate of drug-likeness (QED) is 0.897. The number of ether oxygens (including phenoxy) is 1. The molecule has 1 amide bonds. The maximum absolute atomic E-state index is 14.0. The highest BCUT2D eigenvalue weighted by Crippen LogP contribution is 2.23. The van der Waals surface area contributed by atoms with Gasteiger partial charge in [-0.05, 0) is 38.4 Å². The zero-order chi connectivity index (χ0) is 14.5. The molecule has 1 N–H and O–H groups in total. The van der Waals surface area contributed by atoms with Gasteiger partial charge in [0, 0.05) is 19.1 Å². The summed E-state index contributed by atoms with van der Waals surface area (Å²) in [5, 5.41) is 3.35. The number of likely N-dealkylation sites (N-methyl/N-ethyl adjacent to an activating group) is 1.